The topological polar surface area (TPSA) is 57.6 Å². The number of nitrogens with zero attached hydrogens (tertiary/aromatic N) is 1. The fourth-order valence-electron chi connectivity index (χ4n) is 1.46. The van der Waals surface area contributed by atoms with Gasteiger partial charge in [-0.25, -0.2) is 0 Å². The molecule has 12 heavy (non-hydrogen) atoms. The zero-order valence-electron chi connectivity index (χ0n) is 6.40. The second-order valence-corrected chi connectivity index (χ2v) is 4.28. The molecule has 1 unspecified atom stereocenters. The number of rotatable bonds is 1. The zero-order valence-corrected chi connectivity index (χ0v) is 7.21. The van der Waals surface area contributed by atoms with E-state index in [9.17, 15) is 9.59 Å². The molecule has 2 aliphatic heterocycles. The number of carbonyl (C=O) groups excluding carboxylic acids is 1. The van der Waals surface area contributed by atoms with Gasteiger partial charge < -0.3 is 10.0 Å². The summed E-state index contributed by atoms with van der Waals surface area (Å²) < 4.78 is 0. The predicted molar refractivity (Wildman–Crippen MR) is 43.7 cm³/mol. The van der Waals surface area contributed by atoms with E-state index in [1.54, 1.807) is 16.7 Å². The van der Waals surface area contributed by atoms with Crippen molar-refractivity contribution in [1.29, 1.82) is 0 Å². The minimum atomic E-state index is -0.791. The molecule has 2 atom stereocenters. The van der Waals surface area contributed by atoms with Crippen LogP contribution in [0.5, 0.6) is 0 Å². The molecule has 5 heteroatoms. The molecule has 1 N–H and O–H groups in total. The van der Waals surface area contributed by atoms with Crippen LogP contribution in [0.2, 0.25) is 0 Å². The molecular weight excluding hydrogens is 178 g/mol. The highest BCUT2D eigenvalue weighted by atomic mass is 32.2. The van der Waals surface area contributed by atoms with Gasteiger partial charge in [0, 0.05) is 12.3 Å². The van der Waals surface area contributed by atoms with E-state index in [-0.39, 0.29) is 17.2 Å². The van der Waals surface area contributed by atoms with Gasteiger partial charge in [-0.15, -0.1) is 11.8 Å². The molecule has 4 nitrogen and oxygen atoms in total. The fraction of sp³-hybridized carbons (Fsp3) is 0.714. The van der Waals surface area contributed by atoms with Gasteiger partial charge >= 0.3 is 5.97 Å². The molecule has 0 radical (unpaired) electrons. The molecule has 0 spiro atoms. The van der Waals surface area contributed by atoms with Crippen LogP contribution in [0.1, 0.15) is 6.42 Å². The number of thioether (sulfide) groups is 1. The van der Waals surface area contributed by atoms with Crippen LogP contribution < -0.4 is 0 Å². The van der Waals surface area contributed by atoms with Crippen molar-refractivity contribution < 1.29 is 14.7 Å². The van der Waals surface area contributed by atoms with Crippen LogP contribution in [0.25, 0.3) is 0 Å². The molecule has 2 heterocycles. The molecule has 2 aliphatic rings. The van der Waals surface area contributed by atoms with Crippen LogP contribution in [0.3, 0.4) is 0 Å². The van der Waals surface area contributed by atoms with Crippen molar-refractivity contribution in [3.05, 3.63) is 0 Å². The molecule has 0 aromatic rings. The van der Waals surface area contributed by atoms with Crippen molar-refractivity contribution in [2.75, 3.05) is 12.3 Å². The Hall–Kier alpha value is -0.710. The number of carboxylic acids is 1. The van der Waals surface area contributed by atoms with Crippen molar-refractivity contribution in [3.63, 3.8) is 0 Å². The van der Waals surface area contributed by atoms with E-state index in [1.165, 1.54) is 0 Å². The Morgan fingerprint density at radius 2 is 2.42 bits per heavy atom. The number of aliphatic carboxylic acids is 1. The maximum Gasteiger partial charge on any atom is 0.309 e. The van der Waals surface area contributed by atoms with E-state index in [2.05, 4.69) is 0 Å². The number of carbonyl (C=O) groups is 2. The number of carboxylic acid groups (broad SMARTS) is 1. The minimum Gasteiger partial charge on any atom is -0.481 e. The van der Waals surface area contributed by atoms with Crippen LogP contribution in [0, 0.1) is 5.92 Å². The van der Waals surface area contributed by atoms with Crippen LogP contribution >= 0.6 is 11.8 Å². The van der Waals surface area contributed by atoms with E-state index in [1.807, 2.05) is 0 Å². The smallest absolute Gasteiger partial charge is 0.309 e. The maximum absolute atomic E-state index is 11.0. The van der Waals surface area contributed by atoms with Crippen LogP contribution in [0.4, 0.5) is 0 Å². The minimum absolute atomic E-state index is 0.0958. The lowest BCUT2D eigenvalue weighted by molar-refractivity contribution is -0.148. The van der Waals surface area contributed by atoms with Crippen molar-refractivity contribution in [3.8, 4) is 0 Å². The number of amides is 1. The molecule has 2 fully saturated rings. The lowest BCUT2D eigenvalue weighted by Crippen LogP contribution is -2.56. The van der Waals surface area contributed by atoms with Gasteiger partial charge in [-0.3, -0.25) is 9.59 Å². The summed E-state index contributed by atoms with van der Waals surface area (Å²) in [7, 11) is 0. The lowest BCUT2D eigenvalue weighted by Gasteiger charge is -2.45. The standard InChI is InChI=1S/C7H9NO3S/c9-5-1-6-8(5)2-4(3-12-6)7(10)11/h4,6H,1-3H2,(H,10,11)/t4?,6-/m0/s1. The highest BCUT2D eigenvalue weighted by Crippen LogP contribution is 2.35. The zero-order chi connectivity index (χ0) is 8.72. The summed E-state index contributed by atoms with van der Waals surface area (Å²) in [6.45, 7) is 0.409. The van der Waals surface area contributed by atoms with Crippen molar-refractivity contribution in [1.82, 2.24) is 4.90 Å². The largest absolute Gasteiger partial charge is 0.481 e. The summed E-state index contributed by atoms with van der Waals surface area (Å²) in [6, 6.07) is 0. The average Bonchev–Trinajstić information content (AvgIpc) is 2.02. The van der Waals surface area contributed by atoms with Crippen molar-refractivity contribution >= 4 is 23.6 Å². The Labute approximate surface area is 73.9 Å². The van der Waals surface area contributed by atoms with Crippen molar-refractivity contribution in [2.45, 2.75) is 11.8 Å². The first-order chi connectivity index (χ1) is 5.68. The summed E-state index contributed by atoms with van der Waals surface area (Å²) >= 11 is 1.58. The van der Waals surface area contributed by atoms with E-state index in [4.69, 9.17) is 5.11 Å². The maximum atomic E-state index is 11.0. The normalized spacial score (nSPS) is 34.0. The molecule has 0 aliphatic carbocycles. The van der Waals surface area contributed by atoms with Gasteiger partial charge in [0.2, 0.25) is 5.91 Å². The third kappa shape index (κ3) is 1.08. The van der Waals surface area contributed by atoms with Gasteiger partial charge in [-0.05, 0) is 0 Å². The van der Waals surface area contributed by atoms with E-state index < -0.39 is 5.97 Å². The van der Waals surface area contributed by atoms with Crippen molar-refractivity contribution in [2.24, 2.45) is 5.92 Å². The number of hydrogen-bond acceptors (Lipinski definition) is 3. The molecule has 2 saturated heterocycles. The first-order valence-corrected chi connectivity index (χ1v) is 4.87. The Bertz CT molecular complexity index is 235. The summed E-state index contributed by atoms with van der Waals surface area (Å²) in [5.74, 6) is -0.418. The van der Waals surface area contributed by atoms with E-state index >= 15 is 0 Å². The third-order valence-electron chi connectivity index (χ3n) is 2.27. The lowest BCUT2D eigenvalue weighted by atomic mass is 10.1. The molecule has 0 aromatic heterocycles. The monoisotopic (exact) mass is 187 g/mol. The Morgan fingerprint density at radius 3 is 3.00 bits per heavy atom. The number of fused-ring (bicyclic) bond motifs is 1. The molecule has 66 valence electrons. The molecule has 2 rings (SSSR count). The first-order valence-electron chi connectivity index (χ1n) is 3.82. The van der Waals surface area contributed by atoms with E-state index in [0.29, 0.717) is 18.7 Å². The highest BCUT2D eigenvalue weighted by molar-refractivity contribution is 8.00. The van der Waals surface area contributed by atoms with Crippen LogP contribution in [-0.2, 0) is 9.59 Å². The fourth-order valence-corrected chi connectivity index (χ4v) is 2.81. The summed E-state index contributed by atoms with van der Waals surface area (Å²) in [5, 5.41) is 8.97. The summed E-state index contributed by atoms with van der Waals surface area (Å²) in [4.78, 5) is 23.2. The molecule has 0 aromatic carbocycles. The van der Waals surface area contributed by atoms with Crippen LogP contribution in [0.15, 0.2) is 0 Å². The van der Waals surface area contributed by atoms with Gasteiger partial charge in [-0.1, -0.05) is 0 Å². The van der Waals surface area contributed by atoms with Gasteiger partial charge in [-0.2, -0.15) is 0 Å². The third-order valence-corrected chi connectivity index (χ3v) is 3.67. The summed E-state index contributed by atoms with van der Waals surface area (Å²) in [5.41, 5.74) is 0. The van der Waals surface area contributed by atoms with Gasteiger partial charge in [0.1, 0.15) is 0 Å². The Balaban J connectivity index is 2.00. The van der Waals surface area contributed by atoms with Gasteiger partial charge in [0.15, 0.2) is 0 Å². The van der Waals surface area contributed by atoms with Gasteiger partial charge in [0.05, 0.1) is 17.7 Å². The SMILES string of the molecule is O=C(O)C1CS[C@H]2CC(=O)N2C1. The molecular formula is C7H9NO3S. The molecule has 1 amide bonds. The second-order valence-electron chi connectivity index (χ2n) is 3.07. The predicted octanol–water partition coefficient (Wildman–Crippen LogP) is -0.00760. The number of β-lactam (4-membered cyclic amide) rings is 1. The van der Waals surface area contributed by atoms with E-state index in [0.717, 1.165) is 0 Å². The molecule has 0 saturated carbocycles. The van der Waals surface area contributed by atoms with Gasteiger partial charge in [0.25, 0.3) is 0 Å². The second kappa shape index (κ2) is 2.65. The number of hydrogen-bond donors (Lipinski definition) is 1. The highest BCUT2D eigenvalue weighted by Gasteiger charge is 2.42. The quantitative estimate of drug-likeness (QED) is 0.587. The first kappa shape index (κ1) is 7.91. The Morgan fingerprint density at radius 1 is 1.67 bits per heavy atom. The average molecular weight is 187 g/mol. The Kier molecular flexibility index (Phi) is 1.75. The van der Waals surface area contributed by atoms with Crippen LogP contribution in [-0.4, -0.2) is 39.6 Å². The summed E-state index contributed by atoms with van der Waals surface area (Å²) in [6.07, 6.45) is 0.594. The molecule has 0 bridgehead atoms.